The smallest absolute Gasteiger partial charge is 0.244 e. The number of hydrogen-bond donors (Lipinski definition) is 0. The predicted octanol–water partition coefficient (Wildman–Crippen LogP) is 3.88. The Balaban J connectivity index is 1.45. The van der Waals surface area contributed by atoms with Crippen LogP contribution in [0.15, 0.2) is 73.1 Å². The number of hydrogen-bond acceptors (Lipinski definition) is 4. The third-order valence-electron chi connectivity index (χ3n) is 6.08. The van der Waals surface area contributed by atoms with E-state index in [4.69, 9.17) is 16.3 Å². The van der Waals surface area contributed by atoms with Gasteiger partial charge in [-0.05, 0) is 29.8 Å². The molecule has 1 aromatic heterocycles. The fourth-order valence-electron chi connectivity index (χ4n) is 4.26. The van der Waals surface area contributed by atoms with Gasteiger partial charge in [-0.2, -0.15) is 5.10 Å². The SMILES string of the molecule is CN(Cc1ccccc1)C(=O)C[C@H]1CN(C(=O)Cn2cccn2)CC[C@@H]1Oc1cccc(Cl)c1. The maximum Gasteiger partial charge on any atom is 0.244 e. The van der Waals surface area contributed by atoms with Gasteiger partial charge in [0, 0.05) is 62.9 Å². The average Bonchev–Trinajstić information content (AvgIpc) is 3.34. The van der Waals surface area contributed by atoms with Gasteiger partial charge in [-0.1, -0.05) is 48.0 Å². The molecule has 2 aromatic carbocycles. The van der Waals surface area contributed by atoms with E-state index < -0.39 is 0 Å². The minimum atomic E-state index is -0.193. The molecule has 1 aliphatic rings. The molecule has 0 bridgehead atoms. The standard InChI is InChI=1S/C26H29ClN4O3/c1-29(17-20-7-3-2-4-8-20)25(32)15-21-18-30(26(33)19-31-13-6-12-28-31)14-11-24(21)34-23-10-5-9-22(27)16-23/h2-10,12-13,16,21,24H,11,14-15,17-19H2,1H3/t21-,24-/m0/s1. The van der Waals surface area contributed by atoms with Crippen LogP contribution >= 0.6 is 11.6 Å². The molecule has 1 saturated heterocycles. The first kappa shape index (κ1) is 23.8. The first-order chi connectivity index (χ1) is 16.5. The van der Waals surface area contributed by atoms with Gasteiger partial charge in [-0.15, -0.1) is 0 Å². The summed E-state index contributed by atoms with van der Waals surface area (Å²) in [6, 6.07) is 19.0. The minimum Gasteiger partial charge on any atom is -0.490 e. The maximum atomic E-state index is 13.1. The van der Waals surface area contributed by atoms with Gasteiger partial charge in [-0.3, -0.25) is 14.3 Å². The Kier molecular flexibility index (Phi) is 7.85. The Bertz CT molecular complexity index is 1090. The van der Waals surface area contributed by atoms with Crippen LogP contribution in [0.3, 0.4) is 0 Å². The van der Waals surface area contributed by atoms with Crippen LogP contribution < -0.4 is 4.74 Å². The summed E-state index contributed by atoms with van der Waals surface area (Å²) in [5, 5.41) is 4.73. The van der Waals surface area contributed by atoms with E-state index in [1.807, 2.05) is 54.4 Å². The van der Waals surface area contributed by atoms with Crippen LogP contribution in [0, 0.1) is 5.92 Å². The summed E-state index contributed by atoms with van der Waals surface area (Å²) < 4.78 is 7.89. The molecule has 178 valence electrons. The van der Waals surface area contributed by atoms with Crippen molar-refractivity contribution in [3.63, 3.8) is 0 Å². The van der Waals surface area contributed by atoms with E-state index in [9.17, 15) is 9.59 Å². The molecule has 0 spiro atoms. The van der Waals surface area contributed by atoms with Crippen LogP contribution in [0.2, 0.25) is 5.02 Å². The molecule has 4 rings (SSSR count). The summed E-state index contributed by atoms with van der Waals surface area (Å²) in [5.41, 5.74) is 1.07. The third kappa shape index (κ3) is 6.38. The second-order valence-corrected chi connectivity index (χ2v) is 9.08. The van der Waals surface area contributed by atoms with E-state index in [2.05, 4.69) is 5.10 Å². The molecule has 7 nitrogen and oxygen atoms in total. The van der Waals surface area contributed by atoms with Crippen LogP contribution in [-0.2, 0) is 22.7 Å². The molecule has 1 aliphatic heterocycles. The van der Waals surface area contributed by atoms with Crippen LogP contribution in [0.1, 0.15) is 18.4 Å². The van der Waals surface area contributed by atoms with Crippen molar-refractivity contribution < 1.29 is 14.3 Å². The van der Waals surface area contributed by atoms with Crippen molar-refractivity contribution >= 4 is 23.4 Å². The molecule has 0 aliphatic carbocycles. The second-order valence-electron chi connectivity index (χ2n) is 8.65. The van der Waals surface area contributed by atoms with Gasteiger partial charge in [0.25, 0.3) is 0 Å². The van der Waals surface area contributed by atoms with E-state index in [1.165, 1.54) is 0 Å². The van der Waals surface area contributed by atoms with Gasteiger partial charge in [0.2, 0.25) is 11.8 Å². The molecule has 8 heteroatoms. The van der Waals surface area contributed by atoms with Crippen molar-refractivity contribution in [2.24, 2.45) is 5.92 Å². The predicted molar refractivity (Wildman–Crippen MR) is 130 cm³/mol. The van der Waals surface area contributed by atoms with E-state index in [0.29, 0.717) is 43.2 Å². The van der Waals surface area contributed by atoms with Crippen molar-refractivity contribution in [1.82, 2.24) is 19.6 Å². The highest BCUT2D eigenvalue weighted by Gasteiger charge is 2.35. The Morgan fingerprint density at radius 1 is 1.15 bits per heavy atom. The zero-order valence-electron chi connectivity index (χ0n) is 19.2. The van der Waals surface area contributed by atoms with Gasteiger partial charge in [0.15, 0.2) is 0 Å². The largest absolute Gasteiger partial charge is 0.490 e. The van der Waals surface area contributed by atoms with E-state index in [1.54, 1.807) is 40.2 Å². The van der Waals surface area contributed by atoms with Gasteiger partial charge in [0.1, 0.15) is 18.4 Å². The number of amides is 2. The number of rotatable bonds is 8. The number of halogens is 1. The molecule has 0 saturated carbocycles. The number of likely N-dealkylation sites (tertiary alicyclic amines) is 1. The molecule has 1 fully saturated rings. The van der Waals surface area contributed by atoms with Gasteiger partial charge in [0.05, 0.1) is 0 Å². The maximum absolute atomic E-state index is 13.1. The van der Waals surface area contributed by atoms with Crippen molar-refractivity contribution in [3.05, 3.63) is 83.6 Å². The van der Waals surface area contributed by atoms with Gasteiger partial charge < -0.3 is 14.5 Å². The van der Waals surface area contributed by atoms with Gasteiger partial charge >= 0.3 is 0 Å². The van der Waals surface area contributed by atoms with E-state index in [-0.39, 0.29) is 30.4 Å². The summed E-state index contributed by atoms with van der Waals surface area (Å²) in [5.74, 6) is 0.541. The van der Waals surface area contributed by atoms with Gasteiger partial charge in [-0.25, -0.2) is 0 Å². The zero-order chi connectivity index (χ0) is 23.9. The highest BCUT2D eigenvalue weighted by atomic mass is 35.5. The molecule has 2 heterocycles. The Morgan fingerprint density at radius 2 is 1.97 bits per heavy atom. The number of carbonyl (C=O) groups excluding carboxylic acids is 2. The Morgan fingerprint density at radius 3 is 2.71 bits per heavy atom. The number of piperidine rings is 1. The summed E-state index contributed by atoms with van der Waals surface area (Å²) >= 11 is 6.13. The van der Waals surface area contributed by atoms with Crippen molar-refractivity contribution in [3.8, 4) is 5.75 Å². The summed E-state index contributed by atoms with van der Waals surface area (Å²) in [7, 11) is 1.81. The molecule has 2 atom stereocenters. The summed E-state index contributed by atoms with van der Waals surface area (Å²) in [4.78, 5) is 29.6. The van der Waals surface area contributed by atoms with Crippen LogP contribution in [0.25, 0.3) is 0 Å². The third-order valence-corrected chi connectivity index (χ3v) is 6.32. The zero-order valence-corrected chi connectivity index (χ0v) is 20.0. The fourth-order valence-corrected chi connectivity index (χ4v) is 4.44. The summed E-state index contributed by atoms with van der Waals surface area (Å²) in [6.07, 6.45) is 4.16. The number of nitrogens with zero attached hydrogens (tertiary/aromatic N) is 4. The minimum absolute atomic E-state index is 0.0139. The lowest BCUT2D eigenvalue weighted by atomic mass is 9.90. The van der Waals surface area contributed by atoms with Crippen molar-refractivity contribution in [1.29, 1.82) is 0 Å². The quantitative estimate of drug-likeness (QED) is 0.490. The Labute approximate surface area is 204 Å². The monoisotopic (exact) mass is 480 g/mol. The molecular weight excluding hydrogens is 452 g/mol. The topological polar surface area (TPSA) is 67.7 Å². The normalized spacial score (nSPS) is 17.9. The number of carbonyl (C=O) groups is 2. The number of aromatic nitrogens is 2. The van der Waals surface area contributed by atoms with E-state index >= 15 is 0 Å². The second kappa shape index (κ2) is 11.2. The van der Waals surface area contributed by atoms with Crippen LogP contribution in [0.5, 0.6) is 5.75 Å². The van der Waals surface area contributed by atoms with E-state index in [0.717, 1.165) is 5.56 Å². The molecule has 0 radical (unpaired) electrons. The van der Waals surface area contributed by atoms with Crippen LogP contribution in [0.4, 0.5) is 0 Å². The lowest BCUT2D eigenvalue weighted by Gasteiger charge is -2.39. The van der Waals surface area contributed by atoms with Crippen LogP contribution in [-0.4, -0.2) is 57.6 Å². The molecule has 2 amide bonds. The number of ether oxygens (including phenoxy) is 1. The molecular formula is C26H29ClN4O3. The lowest BCUT2D eigenvalue weighted by Crippen LogP contribution is -2.50. The molecule has 3 aromatic rings. The highest BCUT2D eigenvalue weighted by Crippen LogP contribution is 2.28. The molecule has 0 unspecified atom stereocenters. The Hall–Kier alpha value is -3.32. The average molecular weight is 481 g/mol. The number of benzene rings is 2. The molecule has 34 heavy (non-hydrogen) atoms. The first-order valence-corrected chi connectivity index (χ1v) is 11.8. The fraction of sp³-hybridized carbons (Fsp3) is 0.346. The first-order valence-electron chi connectivity index (χ1n) is 11.4. The highest BCUT2D eigenvalue weighted by molar-refractivity contribution is 6.30. The van der Waals surface area contributed by atoms with Crippen molar-refractivity contribution in [2.75, 3.05) is 20.1 Å². The molecule has 0 N–H and O–H groups in total. The van der Waals surface area contributed by atoms with Crippen molar-refractivity contribution in [2.45, 2.75) is 32.0 Å². The lowest BCUT2D eigenvalue weighted by molar-refractivity contribution is -0.139. The summed E-state index contributed by atoms with van der Waals surface area (Å²) in [6.45, 7) is 1.74.